The molecule has 1 amide bonds. The Hall–Kier alpha value is -1.26. The van der Waals surface area contributed by atoms with Crippen molar-refractivity contribution in [1.29, 1.82) is 0 Å². The maximum absolute atomic E-state index is 12.9. The zero-order chi connectivity index (χ0) is 17.9. The van der Waals surface area contributed by atoms with Gasteiger partial charge in [-0.2, -0.15) is 0 Å². The second-order valence-electron chi connectivity index (χ2n) is 6.41. The van der Waals surface area contributed by atoms with Crippen molar-refractivity contribution < 1.29 is 14.3 Å². The Balaban J connectivity index is 2.21. The second-order valence-corrected chi connectivity index (χ2v) is 7.25. The summed E-state index contributed by atoms with van der Waals surface area (Å²) >= 11 is 12.1. The number of ether oxygens (including phenoxy) is 1. The van der Waals surface area contributed by atoms with Crippen molar-refractivity contribution in [2.45, 2.75) is 52.1 Å². The molecule has 1 fully saturated rings. The normalized spacial score (nSPS) is 23.9. The first-order chi connectivity index (χ1) is 11.3. The van der Waals surface area contributed by atoms with Gasteiger partial charge in [0.05, 0.1) is 13.0 Å². The van der Waals surface area contributed by atoms with Gasteiger partial charge in [-0.1, -0.05) is 36.2 Å². The first-order valence-electron chi connectivity index (χ1n) is 8.25. The molecule has 3 unspecified atom stereocenters. The summed E-state index contributed by atoms with van der Waals surface area (Å²) in [5.41, 5.74) is 0.708. The van der Waals surface area contributed by atoms with Crippen LogP contribution in [-0.4, -0.2) is 35.5 Å². The van der Waals surface area contributed by atoms with E-state index in [4.69, 9.17) is 27.9 Å². The molecule has 0 aromatic heterocycles. The number of benzene rings is 1. The molecule has 132 valence electrons. The summed E-state index contributed by atoms with van der Waals surface area (Å²) in [6.45, 7) is 6.15. The topological polar surface area (TPSA) is 46.6 Å². The number of halogens is 2. The van der Waals surface area contributed by atoms with Crippen LogP contribution in [0.3, 0.4) is 0 Å². The number of amides is 1. The van der Waals surface area contributed by atoms with E-state index in [0.717, 1.165) is 6.42 Å². The number of esters is 1. The van der Waals surface area contributed by atoms with Gasteiger partial charge in [0.2, 0.25) is 5.91 Å². The van der Waals surface area contributed by atoms with E-state index < -0.39 is 6.04 Å². The van der Waals surface area contributed by atoms with E-state index in [1.54, 1.807) is 30.0 Å². The van der Waals surface area contributed by atoms with Crippen molar-refractivity contribution in [1.82, 2.24) is 4.90 Å². The molecule has 4 nitrogen and oxygen atoms in total. The van der Waals surface area contributed by atoms with Crippen molar-refractivity contribution in [3.05, 3.63) is 33.8 Å². The summed E-state index contributed by atoms with van der Waals surface area (Å²) in [5.74, 6) is -0.0688. The third-order valence-corrected chi connectivity index (χ3v) is 4.97. The molecule has 3 atom stereocenters. The Kier molecular flexibility index (Phi) is 6.53. The molecule has 1 heterocycles. The molecule has 1 aromatic rings. The first kappa shape index (κ1) is 19.1. The average molecular weight is 372 g/mol. The van der Waals surface area contributed by atoms with Gasteiger partial charge in [-0.05, 0) is 50.3 Å². The third kappa shape index (κ3) is 4.42. The summed E-state index contributed by atoms with van der Waals surface area (Å²) in [5, 5.41) is 0.988. The highest BCUT2D eigenvalue weighted by Crippen LogP contribution is 2.30. The lowest BCUT2D eigenvalue weighted by atomic mass is 9.87. The Labute approximate surface area is 153 Å². The van der Waals surface area contributed by atoms with Crippen molar-refractivity contribution >= 4 is 35.1 Å². The van der Waals surface area contributed by atoms with Crippen molar-refractivity contribution in [3.8, 4) is 0 Å². The quantitative estimate of drug-likeness (QED) is 0.747. The van der Waals surface area contributed by atoms with Crippen LogP contribution in [0.5, 0.6) is 0 Å². The Bertz CT molecular complexity index is 620. The van der Waals surface area contributed by atoms with Crippen LogP contribution in [0, 0.1) is 5.92 Å². The highest BCUT2D eigenvalue weighted by atomic mass is 35.5. The van der Waals surface area contributed by atoms with Crippen LogP contribution in [-0.2, 0) is 20.7 Å². The molecule has 0 saturated carbocycles. The second kappa shape index (κ2) is 8.21. The summed E-state index contributed by atoms with van der Waals surface area (Å²) in [6, 6.07) is 4.54. The predicted molar refractivity (Wildman–Crippen MR) is 95.3 cm³/mol. The summed E-state index contributed by atoms with van der Waals surface area (Å²) in [6.07, 6.45) is 1.64. The summed E-state index contributed by atoms with van der Waals surface area (Å²) in [4.78, 5) is 26.8. The van der Waals surface area contributed by atoms with Crippen LogP contribution in [0.4, 0.5) is 0 Å². The fraction of sp³-hybridized carbons (Fsp3) is 0.556. The van der Waals surface area contributed by atoms with Gasteiger partial charge in [0, 0.05) is 16.1 Å². The van der Waals surface area contributed by atoms with Crippen LogP contribution in [0.15, 0.2) is 18.2 Å². The number of likely N-dealkylation sites (tertiary alicyclic amines) is 1. The van der Waals surface area contributed by atoms with E-state index in [1.165, 1.54) is 0 Å². The third-order valence-electron chi connectivity index (χ3n) is 4.38. The van der Waals surface area contributed by atoms with Gasteiger partial charge in [-0.3, -0.25) is 4.79 Å². The SMILES string of the molecule is CCOC(=O)C1CC(C)CC(C)N1C(=O)Cc1ccc(Cl)cc1Cl. The number of carbonyl (C=O) groups is 2. The fourth-order valence-corrected chi connectivity index (χ4v) is 3.86. The lowest BCUT2D eigenvalue weighted by Crippen LogP contribution is -2.55. The number of carbonyl (C=O) groups excluding carboxylic acids is 2. The molecule has 0 aliphatic carbocycles. The molecule has 0 spiro atoms. The van der Waals surface area contributed by atoms with E-state index in [0.29, 0.717) is 34.6 Å². The van der Waals surface area contributed by atoms with E-state index in [-0.39, 0.29) is 24.3 Å². The number of rotatable bonds is 4. The van der Waals surface area contributed by atoms with Gasteiger partial charge in [0.25, 0.3) is 0 Å². The van der Waals surface area contributed by atoms with Crippen molar-refractivity contribution in [3.63, 3.8) is 0 Å². The standard InChI is InChI=1S/C18H23Cl2NO3/c1-4-24-18(23)16-8-11(2)7-12(3)21(16)17(22)9-13-5-6-14(19)10-15(13)20/h5-6,10-12,16H,4,7-9H2,1-3H3. The lowest BCUT2D eigenvalue weighted by Gasteiger charge is -2.42. The molecule has 6 heteroatoms. The molecule has 1 saturated heterocycles. The lowest BCUT2D eigenvalue weighted by molar-refractivity contribution is -0.160. The van der Waals surface area contributed by atoms with Gasteiger partial charge in [-0.25, -0.2) is 4.79 Å². The zero-order valence-corrected chi connectivity index (χ0v) is 15.7. The van der Waals surface area contributed by atoms with Crippen molar-refractivity contribution in [2.75, 3.05) is 6.61 Å². The smallest absolute Gasteiger partial charge is 0.328 e. The maximum Gasteiger partial charge on any atom is 0.328 e. The minimum absolute atomic E-state index is 0.0123. The molecular weight excluding hydrogens is 349 g/mol. The highest BCUT2D eigenvalue weighted by Gasteiger charge is 2.39. The van der Waals surface area contributed by atoms with Crippen LogP contribution < -0.4 is 0 Å². The van der Waals surface area contributed by atoms with Crippen LogP contribution in [0.2, 0.25) is 10.0 Å². The fourth-order valence-electron chi connectivity index (χ4n) is 3.38. The summed E-state index contributed by atoms with van der Waals surface area (Å²) < 4.78 is 5.17. The Morgan fingerprint density at radius 1 is 1.25 bits per heavy atom. The largest absolute Gasteiger partial charge is 0.464 e. The molecule has 1 aliphatic rings. The minimum Gasteiger partial charge on any atom is -0.464 e. The average Bonchev–Trinajstić information content (AvgIpc) is 2.49. The van der Waals surface area contributed by atoms with Gasteiger partial charge in [-0.15, -0.1) is 0 Å². The van der Waals surface area contributed by atoms with E-state index >= 15 is 0 Å². The first-order valence-corrected chi connectivity index (χ1v) is 9.00. The van der Waals surface area contributed by atoms with Crippen LogP contribution in [0.25, 0.3) is 0 Å². The predicted octanol–water partition coefficient (Wildman–Crippen LogP) is 4.11. The molecule has 0 radical (unpaired) electrons. The molecule has 0 N–H and O–H groups in total. The Morgan fingerprint density at radius 2 is 1.96 bits per heavy atom. The van der Waals surface area contributed by atoms with Gasteiger partial charge >= 0.3 is 5.97 Å². The molecular formula is C18H23Cl2NO3. The zero-order valence-electron chi connectivity index (χ0n) is 14.2. The van der Waals surface area contributed by atoms with E-state index in [1.807, 2.05) is 6.92 Å². The Morgan fingerprint density at radius 3 is 2.58 bits per heavy atom. The van der Waals surface area contributed by atoms with Crippen molar-refractivity contribution in [2.24, 2.45) is 5.92 Å². The van der Waals surface area contributed by atoms with Crippen LogP contribution >= 0.6 is 23.2 Å². The number of nitrogens with zero attached hydrogens (tertiary/aromatic N) is 1. The molecule has 1 aromatic carbocycles. The molecule has 2 rings (SSSR count). The van der Waals surface area contributed by atoms with E-state index in [9.17, 15) is 9.59 Å². The molecule has 24 heavy (non-hydrogen) atoms. The number of hydrogen-bond acceptors (Lipinski definition) is 3. The monoisotopic (exact) mass is 371 g/mol. The number of hydrogen-bond donors (Lipinski definition) is 0. The molecule has 1 aliphatic heterocycles. The van der Waals surface area contributed by atoms with Gasteiger partial charge in [0.1, 0.15) is 6.04 Å². The highest BCUT2D eigenvalue weighted by molar-refractivity contribution is 6.35. The minimum atomic E-state index is -0.526. The summed E-state index contributed by atoms with van der Waals surface area (Å²) in [7, 11) is 0. The van der Waals surface area contributed by atoms with Crippen LogP contribution in [0.1, 0.15) is 39.2 Å². The maximum atomic E-state index is 12.9. The van der Waals surface area contributed by atoms with Gasteiger partial charge in [0.15, 0.2) is 0 Å². The number of piperidine rings is 1. The van der Waals surface area contributed by atoms with E-state index in [2.05, 4.69) is 6.92 Å². The van der Waals surface area contributed by atoms with Gasteiger partial charge < -0.3 is 9.64 Å². The molecule has 0 bridgehead atoms.